The minimum atomic E-state index is -2.97. The van der Waals surface area contributed by atoms with Gasteiger partial charge in [0.1, 0.15) is 5.82 Å². The standard InChI is InChI=1S/C7H6Cl2FOP/c8-5-12(9,11)7-3-1-6(10)2-4-7/h1-4H,5H2. The molecule has 0 fully saturated rings. The highest BCUT2D eigenvalue weighted by Gasteiger charge is 2.19. The Kier molecular flexibility index (Phi) is 3.16. The monoisotopic (exact) mass is 226 g/mol. The summed E-state index contributed by atoms with van der Waals surface area (Å²) in [5.74, 6) is -0.384. The Hall–Kier alpha value is -0.0400. The van der Waals surface area contributed by atoms with Crippen LogP contribution in [0.2, 0.25) is 0 Å². The Bertz CT molecular complexity index is 312. The van der Waals surface area contributed by atoms with Crippen LogP contribution in [0.3, 0.4) is 0 Å². The van der Waals surface area contributed by atoms with Crippen LogP contribution in [0.15, 0.2) is 24.3 Å². The van der Waals surface area contributed by atoms with Crippen LogP contribution in [0.4, 0.5) is 4.39 Å². The fourth-order valence-electron chi connectivity index (χ4n) is 0.733. The normalized spacial score (nSPS) is 15.6. The van der Waals surface area contributed by atoms with E-state index < -0.39 is 6.49 Å². The molecule has 0 N–H and O–H groups in total. The van der Waals surface area contributed by atoms with Crippen molar-refractivity contribution in [2.24, 2.45) is 0 Å². The predicted molar refractivity (Wildman–Crippen MR) is 50.2 cm³/mol. The minimum absolute atomic E-state index is 0.139. The van der Waals surface area contributed by atoms with E-state index >= 15 is 0 Å². The Labute approximate surface area is 79.7 Å². The molecule has 0 heterocycles. The molecule has 0 bridgehead atoms. The van der Waals surface area contributed by atoms with Crippen molar-refractivity contribution in [2.45, 2.75) is 0 Å². The molecule has 1 unspecified atom stereocenters. The van der Waals surface area contributed by atoms with Crippen molar-refractivity contribution < 1.29 is 8.96 Å². The fraction of sp³-hybridized carbons (Fsp3) is 0.143. The van der Waals surface area contributed by atoms with Gasteiger partial charge in [-0.2, -0.15) is 0 Å². The van der Waals surface area contributed by atoms with E-state index in [1.165, 1.54) is 24.3 Å². The summed E-state index contributed by atoms with van der Waals surface area (Å²) in [5.41, 5.74) is -0.139. The topological polar surface area (TPSA) is 17.1 Å². The van der Waals surface area contributed by atoms with Crippen molar-refractivity contribution in [3.63, 3.8) is 0 Å². The average Bonchev–Trinajstić information content (AvgIpc) is 2.05. The van der Waals surface area contributed by atoms with Gasteiger partial charge in [-0.25, -0.2) is 4.39 Å². The molecule has 66 valence electrons. The second-order valence-corrected chi connectivity index (χ2v) is 6.66. The van der Waals surface area contributed by atoms with Gasteiger partial charge in [0, 0.05) is 5.30 Å². The highest BCUT2D eigenvalue weighted by atomic mass is 35.7. The first-order chi connectivity index (χ1) is 5.56. The molecule has 0 aliphatic heterocycles. The molecule has 0 spiro atoms. The molecule has 0 amide bonds. The lowest BCUT2D eigenvalue weighted by Crippen LogP contribution is -2.00. The Balaban J connectivity index is 3.05. The van der Waals surface area contributed by atoms with Gasteiger partial charge in [0.15, 0.2) is 0 Å². The number of benzene rings is 1. The van der Waals surface area contributed by atoms with Crippen molar-refractivity contribution in [1.82, 2.24) is 0 Å². The highest BCUT2D eigenvalue weighted by Crippen LogP contribution is 2.50. The first-order valence-corrected chi connectivity index (χ1v) is 6.50. The van der Waals surface area contributed by atoms with Gasteiger partial charge >= 0.3 is 0 Å². The lowest BCUT2D eigenvalue weighted by Gasteiger charge is -2.05. The summed E-state index contributed by atoms with van der Waals surface area (Å²) in [6.07, 6.45) is 0. The second kappa shape index (κ2) is 3.78. The molecule has 1 aromatic carbocycles. The smallest absolute Gasteiger partial charge is 0.211 e. The van der Waals surface area contributed by atoms with E-state index in [-0.39, 0.29) is 11.4 Å². The van der Waals surface area contributed by atoms with Gasteiger partial charge in [-0.05, 0) is 35.5 Å². The summed E-state index contributed by atoms with van der Waals surface area (Å²) in [6, 6.07) is 5.17. The number of alkyl halides is 1. The largest absolute Gasteiger partial charge is 0.300 e. The van der Waals surface area contributed by atoms with Crippen LogP contribution in [0.1, 0.15) is 0 Å². The summed E-state index contributed by atoms with van der Waals surface area (Å²) in [6.45, 7) is -2.97. The van der Waals surface area contributed by atoms with Crippen LogP contribution < -0.4 is 5.30 Å². The molecule has 0 aliphatic carbocycles. The van der Waals surface area contributed by atoms with Crippen LogP contribution in [0.5, 0.6) is 0 Å². The molecule has 1 atom stereocenters. The van der Waals surface area contributed by atoms with Crippen LogP contribution in [-0.2, 0) is 4.57 Å². The molecule has 1 aromatic rings. The zero-order valence-corrected chi connectivity index (χ0v) is 8.41. The lowest BCUT2D eigenvalue weighted by atomic mass is 10.4. The highest BCUT2D eigenvalue weighted by molar-refractivity contribution is 7.95. The lowest BCUT2D eigenvalue weighted by molar-refractivity contribution is 0.592. The van der Waals surface area contributed by atoms with E-state index in [1.54, 1.807) is 0 Å². The summed E-state index contributed by atoms with van der Waals surface area (Å²) in [4.78, 5) is 0. The zero-order valence-electron chi connectivity index (χ0n) is 6.01. The van der Waals surface area contributed by atoms with E-state index in [9.17, 15) is 8.96 Å². The minimum Gasteiger partial charge on any atom is -0.300 e. The molecule has 0 radical (unpaired) electrons. The summed E-state index contributed by atoms with van der Waals surface area (Å²) in [5, 5.41) is 0.389. The van der Waals surface area contributed by atoms with Crippen molar-refractivity contribution in [1.29, 1.82) is 0 Å². The van der Waals surface area contributed by atoms with Gasteiger partial charge in [-0.15, -0.1) is 11.6 Å². The van der Waals surface area contributed by atoms with Gasteiger partial charge in [0.05, 0.1) is 5.62 Å². The van der Waals surface area contributed by atoms with E-state index in [2.05, 4.69) is 0 Å². The van der Waals surface area contributed by atoms with Crippen molar-refractivity contribution in [3.8, 4) is 0 Å². The van der Waals surface area contributed by atoms with Crippen molar-refractivity contribution in [3.05, 3.63) is 30.1 Å². The number of rotatable bonds is 2. The maximum absolute atomic E-state index is 12.4. The van der Waals surface area contributed by atoms with E-state index in [4.69, 9.17) is 22.8 Å². The summed E-state index contributed by atoms with van der Waals surface area (Å²) >= 11 is 11.0. The number of halogens is 3. The molecule has 0 aromatic heterocycles. The second-order valence-electron chi connectivity index (χ2n) is 2.25. The summed E-state index contributed by atoms with van der Waals surface area (Å²) in [7, 11) is 0. The number of hydrogen-bond acceptors (Lipinski definition) is 1. The maximum atomic E-state index is 12.4. The quantitative estimate of drug-likeness (QED) is 0.560. The van der Waals surface area contributed by atoms with Gasteiger partial charge in [-0.1, -0.05) is 0 Å². The SMILES string of the molecule is O=P(Cl)(CCl)c1ccc(F)cc1. The van der Waals surface area contributed by atoms with E-state index in [0.717, 1.165) is 0 Å². The molecule has 1 rings (SSSR count). The molecule has 1 nitrogen and oxygen atoms in total. The first kappa shape index (κ1) is 10.0. The van der Waals surface area contributed by atoms with Gasteiger partial charge < -0.3 is 4.57 Å². The van der Waals surface area contributed by atoms with Crippen LogP contribution >= 0.6 is 29.3 Å². The summed E-state index contributed by atoms with van der Waals surface area (Å²) < 4.78 is 23.8. The third kappa shape index (κ3) is 2.22. The van der Waals surface area contributed by atoms with Gasteiger partial charge in [0.2, 0.25) is 6.49 Å². The molecule has 0 aliphatic rings. The first-order valence-electron chi connectivity index (χ1n) is 3.17. The van der Waals surface area contributed by atoms with Crippen molar-refractivity contribution in [2.75, 3.05) is 5.62 Å². The van der Waals surface area contributed by atoms with Crippen LogP contribution in [-0.4, -0.2) is 5.62 Å². The Morgan fingerprint density at radius 2 is 1.83 bits per heavy atom. The molecule has 0 saturated carbocycles. The van der Waals surface area contributed by atoms with Crippen LogP contribution in [0, 0.1) is 5.82 Å². The third-order valence-electron chi connectivity index (χ3n) is 1.37. The van der Waals surface area contributed by atoms with Crippen LogP contribution in [0.25, 0.3) is 0 Å². The third-order valence-corrected chi connectivity index (χ3v) is 5.06. The van der Waals surface area contributed by atoms with E-state index in [0.29, 0.717) is 5.30 Å². The molecular formula is C7H6Cl2FOP. The molecular weight excluding hydrogens is 221 g/mol. The maximum Gasteiger partial charge on any atom is 0.211 e. The number of hydrogen-bond donors (Lipinski definition) is 0. The average molecular weight is 227 g/mol. The molecule has 5 heteroatoms. The van der Waals surface area contributed by atoms with Gasteiger partial charge in [0.25, 0.3) is 0 Å². The van der Waals surface area contributed by atoms with Gasteiger partial charge in [-0.3, -0.25) is 0 Å². The molecule has 0 saturated heterocycles. The predicted octanol–water partition coefficient (Wildman–Crippen LogP) is 3.16. The van der Waals surface area contributed by atoms with E-state index in [1.807, 2.05) is 0 Å². The van der Waals surface area contributed by atoms with Crippen molar-refractivity contribution >= 4 is 34.6 Å². The molecule has 12 heavy (non-hydrogen) atoms. The Morgan fingerprint density at radius 3 is 2.25 bits per heavy atom. The fourth-order valence-corrected chi connectivity index (χ4v) is 2.22. The zero-order chi connectivity index (χ0) is 9.19. The Morgan fingerprint density at radius 1 is 1.33 bits per heavy atom.